The zero-order valence-electron chi connectivity index (χ0n) is 16.1. The molecule has 140 valence electrons. The first-order valence-electron chi connectivity index (χ1n) is 9.61. The van der Waals surface area contributed by atoms with Gasteiger partial charge in [-0.05, 0) is 57.6 Å². The normalized spacial score (nSPS) is 23.3. The molecule has 5 heteroatoms. The number of hydrogen-bond donors (Lipinski definition) is 2. The van der Waals surface area contributed by atoms with Gasteiger partial charge in [0.05, 0.1) is 5.52 Å². The number of hydrogen-bond acceptors (Lipinski definition) is 3. The predicted octanol–water partition coefficient (Wildman–Crippen LogP) is 3.23. The molecule has 1 aromatic carbocycles. The fourth-order valence-corrected chi connectivity index (χ4v) is 4.03. The summed E-state index contributed by atoms with van der Waals surface area (Å²) < 4.78 is 1.71. The van der Waals surface area contributed by atoms with Crippen LogP contribution in [0, 0.1) is 0 Å². The van der Waals surface area contributed by atoms with Gasteiger partial charge in [0.2, 0.25) is 0 Å². The first-order valence-corrected chi connectivity index (χ1v) is 9.61. The number of nitrogens with one attached hydrogen (secondary N) is 2. The molecule has 1 aromatic heterocycles. The van der Waals surface area contributed by atoms with E-state index >= 15 is 0 Å². The van der Waals surface area contributed by atoms with E-state index < -0.39 is 0 Å². The van der Waals surface area contributed by atoms with Crippen LogP contribution in [0.5, 0.6) is 0 Å². The van der Waals surface area contributed by atoms with Gasteiger partial charge in [-0.2, -0.15) is 0 Å². The van der Waals surface area contributed by atoms with Crippen LogP contribution < -0.4 is 16.2 Å². The lowest BCUT2D eigenvalue weighted by atomic mass is 9.93. The zero-order valence-corrected chi connectivity index (χ0v) is 16.1. The molecule has 2 N–H and O–H groups in total. The van der Waals surface area contributed by atoms with E-state index in [0.717, 1.165) is 30.2 Å². The van der Waals surface area contributed by atoms with Crippen molar-refractivity contribution in [3.63, 3.8) is 0 Å². The molecule has 0 saturated carbocycles. The minimum Gasteiger partial charge on any atom is -0.349 e. The van der Waals surface area contributed by atoms with Gasteiger partial charge in [0.15, 0.2) is 0 Å². The zero-order chi connectivity index (χ0) is 18.8. The third-order valence-electron chi connectivity index (χ3n) is 5.26. The summed E-state index contributed by atoms with van der Waals surface area (Å²) in [6.45, 7) is 8.23. The lowest BCUT2D eigenvalue weighted by Gasteiger charge is -2.34. The second kappa shape index (κ2) is 7.62. The molecule has 2 aromatic rings. The molecule has 3 rings (SSSR count). The van der Waals surface area contributed by atoms with Crippen molar-refractivity contribution in [3.8, 4) is 0 Å². The second-order valence-corrected chi connectivity index (χ2v) is 7.70. The lowest BCUT2D eigenvalue weighted by Crippen LogP contribution is -2.52. The van der Waals surface area contributed by atoms with Crippen molar-refractivity contribution in [2.24, 2.45) is 0 Å². The second-order valence-electron chi connectivity index (χ2n) is 7.70. The Kier molecular flexibility index (Phi) is 5.47. The minimum absolute atomic E-state index is 0.0106. The summed E-state index contributed by atoms with van der Waals surface area (Å²) in [5, 5.41) is 7.57. The highest BCUT2D eigenvalue weighted by Crippen LogP contribution is 2.19. The summed E-state index contributed by atoms with van der Waals surface area (Å²) in [5.74, 6) is -0.260. The van der Waals surface area contributed by atoms with Crippen LogP contribution in [0.3, 0.4) is 0 Å². The Morgan fingerprint density at radius 1 is 1.31 bits per heavy atom. The van der Waals surface area contributed by atoms with Crippen molar-refractivity contribution in [1.29, 1.82) is 0 Å². The molecular formula is C21H29N3O2. The highest BCUT2D eigenvalue weighted by atomic mass is 16.2. The molecule has 0 unspecified atom stereocenters. The lowest BCUT2D eigenvalue weighted by molar-refractivity contribution is 0.0916. The van der Waals surface area contributed by atoms with E-state index in [2.05, 4.69) is 24.5 Å². The number of carbonyl (C=O) groups excluding carboxylic acids is 1. The van der Waals surface area contributed by atoms with E-state index in [1.165, 1.54) is 0 Å². The Bertz CT molecular complexity index is 856. The van der Waals surface area contributed by atoms with Gasteiger partial charge in [-0.15, -0.1) is 0 Å². The number of nitrogens with zero attached hydrogens (tertiary/aromatic N) is 1. The number of aromatic nitrogens is 1. The molecule has 1 aliphatic heterocycles. The molecule has 1 amide bonds. The maximum absolute atomic E-state index is 13.0. The number of para-hydroxylation sites is 1. The smallest absolute Gasteiger partial charge is 0.264 e. The minimum atomic E-state index is -0.260. The van der Waals surface area contributed by atoms with Gasteiger partial charge in [0.1, 0.15) is 5.56 Å². The van der Waals surface area contributed by atoms with E-state index in [9.17, 15) is 9.59 Å². The maximum Gasteiger partial charge on any atom is 0.264 e. The van der Waals surface area contributed by atoms with E-state index in [1.54, 1.807) is 10.6 Å². The Labute approximate surface area is 154 Å². The van der Waals surface area contributed by atoms with Crippen LogP contribution in [0.1, 0.15) is 63.4 Å². The Balaban J connectivity index is 1.93. The average Bonchev–Trinajstić information content (AvgIpc) is 2.60. The number of rotatable bonds is 4. The van der Waals surface area contributed by atoms with Gasteiger partial charge in [-0.3, -0.25) is 9.59 Å². The molecule has 1 fully saturated rings. The van der Waals surface area contributed by atoms with Gasteiger partial charge < -0.3 is 15.2 Å². The fraction of sp³-hybridized carbons (Fsp3) is 0.524. The molecule has 0 aliphatic carbocycles. The van der Waals surface area contributed by atoms with Crippen LogP contribution in [-0.2, 0) is 0 Å². The molecule has 1 saturated heterocycles. The third kappa shape index (κ3) is 3.68. The number of piperidine rings is 1. The summed E-state index contributed by atoms with van der Waals surface area (Å²) in [6, 6.07) is 10.3. The highest BCUT2D eigenvalue weighted by Gasteiger charge is 2.27. The van der Waals surface area contributed by atoms with Crippen molar-refractivity contribution < 1.29 is 4.79 Å². The molecule has 3 atom stereocenters. The molecule has 5 nitrogen and oxygen atoms in total. The molecular weight excluding hydrogens is 326 g/mol. The molecule has 0 bridgehead atoms. The summed E-state index contributed by atoms with van der Waals surface area (Å²) in [4.78, 5) is 25.9. The molecule has 0 spiro atoms. The molecule has 26 heavy (non-hydrogen) atoms. The van der Waals surface area contributed by atoms with Crippen LogP contribution in [-0.4, -0.2) is 28.6 Å². The van der Waals surface area contributed by atoms with Crippen molar-refractivity contribution in [2.45, 2.75) is 71.1 Å². The quantitative estimate of drug-likeness (QED) is 0.885. The van der Waals surface area contributed by atoms with E-state index in [4.69, 9.17) is 0 Å². The van der Waals surface area contributed by atoms with E-state index in [-0.39, 0.29) is 29.1 Å². The van der Waals surface area contributed by atoms with Crippen molar-refractivity contribution in [3.05, 3.63) is 46.2 Å². The van der Waals surface area contributed by atoms with Crippen molar-refractivity contribution in [2.75, 3.05) is 0 Å². The average molecular weight is 355 g/mol. The Morgan fingerprint density at radius 3 is 2.73 bits per heavy atom. The van der Waals surface area contributed by atoms with Crippen LogP contribution in [0.25, 0.3) is 10.9 Å². The van der Waals surface area contributed by atoms with Gasteiger partial charge in [0, 0.05) is 24.2 Å². The van der Waals surface area contributed by atoms with Gasteiger partial charge in [0.25, 0.3) is 11.5 Å². The predicted molar refractivity (Wildman–Crippen MR) is 106 cm³/mol. The number of pyridine rings is 1. The first kappa shape index (κ1) is 18.6. The summed E-state index contributed by atoms with van der Waals surface area (Å²) in [6.07, 6.45) is 2.82. The monoisotopic (exact) mass is 355 g/mol. The van der Waals surface area contributed by atoms with Crippen LogP contribution >= 0.6 is 0 Å². The highest BCUT2D eigenvalue weighted by molar-refractivity contribution is 5.97. The van der Waals surface area contributed by atoms with Crippen LogP contribution in [0.4, 0.5) is 0 Å². The van der Waals surface area contributed by atoms with E-state index in [1.807, 2.05) is 38.1 Å². The molecule has 1 aliphatic rings. The van der Waals surface area contributed by atoms with Gasteiger partial charge in [-0.25, -0.2) is 0 Å². The molecule has 0 radical (unpaired) electrons. The van der Waals surface area contributed by atoms with Gasteiger partial charge in [-0.1, -0.05) is 25.1 Å². The Morgan fingerprint density at radius 2 is 2.04 bits per heavy atom. The van der Waals surface area contributed by atoms with Crippen LogP contribution in [0.2, 0.25) is 0 Å². The fourth-order valence-electron chi connectivity index (χ4n) is 4.03. The topological polar surface area (TPSA) is 63.1 Å². The van der Waals surface area contributed by atoms with Crippen molar-refractivity contribution in [1.82, 2.24) is 15.2 Å². The van der Waals surface area contributed by atoms with Crippen molar-refractivity contribution >= 4 is 16.8 Å². The first-order chi connectivity index (χ1) is 12.4. The SMILES string of the molecule is CC[C@@H]1C[C@H](NC(=O)c2cc3ccccc3n(C(C)C)c2=O)C[C@H](C)N1. The summed E-state index contributed by atoms with van der Waals surface area (Å²) in [7, 11) is 0. The standard InChI is InChI=1S/C21H29N3O2/c1-5-16-12-17(10-14(4)22-16)23-20(25)18-11-15-8-6-7-9-19(15)24(13(2)3)21(18)26/h6-9,11,13-14,16-17,22H,5,10,12H2,1-4H3,(H,23,25)/t14-,16+,17+/m0/s1. The number of fused-ring (bicyclic) bond motifs is 1. The van der Waals surface area contributed by atoms with E-state index in [0.29, 0.717) is 12.1 Å². The number of amides is 1. The van der Waals surface area contributed by atoms with Crippen LogP contribution in [0.15, 0.2) is 35.1 Å². The summed E-state index contributed by atoms with van der Waals surface area (Å²) in [5.41, 5.74) is 0.882. The summed E-state index contributed by atoms with van der Waals surface area (Å²) >= 11 is 0. The Hall–Kier alpha value is -2.14. The maximum atomic E-state index is 13.0. The third-order valence-corrected chi connectivity index (χ3v) is 5.26. The largest absolute Gasteiger partial charge is 0.349 e. The number of carbonyl (C=O) groups is 1. The number of benzene rings is 1. The van der Waals surface area contributed by atoms with Gasteiger partial charge >= 0.3 is 0 Å². The molecule has 2 heterocycles.